The maximum atomic E-state index is 5.78. The number of fused-ring (bicyclic) bond motifs is 1. The number of pyridine rings is 2. The number of aromatic nitrogens is 2. The Morgan fingerprint density at radius 3 is 2.71 bits per heavy atom. The van der Waals surface area contributed by atoms with Crippen LogP contribution in [0.1, 0.15) is 5.69 Å². The van der Waals surface area contributed by atoms with E-state index in [0.717, 1.165) is 22.3 Å². The van der Waals surface area contributed by atoms with Gasteiger partial charge in [-0.25, -0.2) is 0 Å². The number of para-hydroxylation sites is 1. The third-order valence-corrected chi connectivity index (χ3v) is 3.21. The number of hydrogen-bond donors (Lipinski definition) is 2. The Morgan fingerprint density at radius 1 is 1.05 bits per heavy atom. The van der Waals surface area contributed by atoms with Gasteiger partial charge in [-0.1, -0.05) is 18.2 Å². The number of rotatable bonds is 3. The summed E-state index contributed by atoms with van der Waals surface area (Å²) in [5.41, 5.74) is 9.07. The summed E-state index contributed by atoms with van der Waals surface area (Å²) < 4.78 is 5.14. The molecule has 2 heterocycles. The van der Waals surface area contributed by atoms with E-state index < -0.39 is 0 Å². The molecule has 0 aliphatic carbocycles. The molecule has 0 atom stereocenters. The number of nitrogens with one attached hydrogen (secondary N) is 1. The maximum absolute atomic E-state index is 5.78. The van der Waals surface area contributed by atoms with E-state index in [1.807, 2.05) is 37.3 Å². The number of nitrogen functional groups attached to an aromatic ring is 1. The minimum atomic E-state index is 0.407. The molecule has 0 aliphatic heterocycles. The van der Waals surface area contributed by atoms with Crippen LogP contribution in [0.2, 0.25) is 0 Å². The van der Waals surface area contributed by atoms with Crippen molar-refractivity contribution in [1.29, 1.82) is 0 Å². The Kier molecular flexibility index (Phi) is 3.31. The highest BCUT2D eigenvalue weighted by Gasteiger charge is 2.06. The Morgan fingerprint density at radius 2 is 1.90 bits per heavy atom. The number of nitrogens with zero attached hydrogens (tertiary/aromatic N) is 2. The average molecular weight is 280 g/mol. The first-order chi connectivity index (χ1) is 10.2. The molecule has 0 unspecified atom stereocenters. The second-order valence-electron chi connectivity index (χ2n) is 4.75. The SMILES string of the molecule is COc1nc(Nc2cccc3ccc(C)nc23)ccc1N. The molecule has 1 aromatic carbocycles. The van der Waals surface area contributed by atoms with Crippen LogP contribution in [0.15, 0.2) is 42.5 Å². The first-order valence-corrected chi connectivity index (χ1v) is 6.61. The fourth-order valence-electron chi connectivity index (χ4n) is 2.17. The molecule has 0 radical (unpaired) electrons. The first-order valence-electron chi connectivity index (χ1n) is 6.61. The average Bonchev–Trinajstić information content (AvgIpc) is 2.50. The number of ether oxygens (including phenoxy) is 1. The van der Waals surface area contributed by atoms with E-state index in [9.17, 15) is 0 Å². The third kappa shape index (κ3) is 2.58. The van der Waals surface area contributed by atoms with Gasteiger partial charge in [0.15, 0.2) is 0 Å². The van der Waals surface area contributed by atoms with Crippen molar-refractivity contribution in [3.8, 4) is 5.88 Å². The molecule has 3 aromatic rings. The molecule has 0 saturated heterocycles. The number of hydrogen-bond acceptors (Lipinski definition) is 5. The lowest BCUT2D eigenvalue weighted by atomic mass is 10.1. The molecular formula is C16H16N4O. The number of methoxy groups -OCH3 is 1. The zero-order valence-corrected chi connectivity index (χ0v) is 11.9. The lowest BCUT2D eigenvalue weighted by Gasteiger charge is -2.11. The van der Waals surface area contributed by atoms with Crippen molar-refractivity contribution in [3.63, 3.8) is 0 Å². The topological polar surface area (TPSA) is 73.1 Å². The lowest BCUT2D eigenvalue weighted by molar-refractivity contribution is 0.401. The number of anilines is 3. The molecule has 0 bridgehead atoms. The summed E-state index contributed by atoms with van der Waals surface area (Å²) >= 11 is 0. The van der Waals surface area contributed by atoms with Gasteiger partial charge in [0.1, 0.15) is 5.82 Å². The van der Waals surface area contributed by atoms with Crippen LogP contribution in [-0.4, -0.2) is 17.1 Å². The van der Waals surface area contributed by atoms with Gasteiger partial charge in [0.2, 0.25) is 5.88 Å². The summed E-state index contributed by atoms with van der Waals surface area (Å²) in [7, 11) is 1.55. The molecule has 0 saturated carbocycles. The van der Waals surface area contributed by atoms with Crippen molar-refractivity contribution < 1.29 is 4.74 Å². The smallest absolute Gasteiger partial charge is 0.238 e. The highest BCUT2D eigenvalue weighted by atomic mass is 16.5. The summed E-state index contributed by atoms with van der Waals surface area (Å²) in [5.74, 6) is 1.07. The molecule has 0 amide bonds. The predicted octanol–water partition coefficient (Wildman–Crippen LogP) is 3.27. The lowest BCUT2D eigenvalue weighted by Crippen LogP contribution is -2.00. The standard InChI is InChI=1S/C16H16N4O/c1-10-6-7-11-4-3-5-13(15(11)18-10)19-14-9-8-12(17)16(20-14)21-2/h3-9H,17H2,1-2H3,(H,19,20). The van der Waals surface area contributed by atoms with Crippen molar-refractivity contribution in [2.75, 3.05) is 18.2 Å². The van der Waals surface area contributed by atoms with E-state index >= 15 is 0 Å². The first kappa shape index (κ1) is 13.2. The summed E-state index contributed by atoms with van der Waals surface area (Å²) in [6, 6.07) is 13.6. The van der Waals surface area contributed by atoms with Gasteiger partial charge < -0.3 is 15.8 Å². The van der Waals surface area contributed by atoms with E-state index in [0.29, 0.717) is 17.4 Å². The van der Waals surface area contributed by atoms with Gasteiger partial charge in [-0.05, 0) is 31.2 Å². The van der Waals surface area contributed by atoms with Gasteiger partial charge in [-0.3, -0.25) is 4.98 Å². The van der Waals surface area contributed by atoms with Gasteiger partial charge in [0.05, 0.1) is 24.0 Å². The van der Waals surface area contributed by atoms with Crippen LogP contribution >= 0.6 is 0 Å². The Bertz CT molecular complexity index is 801. The van der Waals surface area contributed by atoms with E-state index in [1.54, 1.807) is 13.2 Å². The zero-order valence-electron chi connectivity index (χ0n) is 11.9. The van der Waals surface area contributed by atoms with E-state index in [-0.39, 0.29) is 0 Å². The minimum absolute atomic E-state index is 0.407. The second kappa shape index (κ2) is 5.28. The molecule has 21 heavy (non-hydrogen) atoms. The highest BCUT2D eigenvalue weighted by molar-refractivity contribution is 5.92. The highest BCUT2D eigenvalue weighted by Crippen LogP contribution is 2.27. The van der Waals surface area contributed by atoms with Gasteiger partial charge in [-0.2, -0.15) is 4.98 Å². The normalized spacial score (nSPS) is 10.6. The summed E-state index contributed by atoms with van der Waals surface area (Å²) in [4.78, 5) is 8.91. The van der Waals surface area contributed by atoms with E-state index in [4.69, 9.17) is 10.5 Å². The number of aryl methyl sites for hydroxylation is 1. The Labute approximate surface area is 122 Å². The van der Waals surface area contributed by atoms with Crippen LogP contribution in [0, 0.1) is 6.92 Å². The van der Waals surface area contributed by atoms with E-state index in [1.165, 1.54) is 0 Å². The van der Waals surface area contributed by atoms with E-state index in [2.05, 4.69) is 21.4 Å². The predicted molar refractivity (Wildman–Crippen MR) is 85.0 cm³/mol. The van der Waals surface area contributed by atoms with Crippen LogP contribution in [0.4, 0.5) is 17.2 Å². The number of benzene rings is 1. The monoisotopic (exact) mass is 280 g/mol. The van der Waals surface area contributed by atoms with Crippen molar-refractivity contribution >= 4 is 28.1 Å². The zero-order chi connectivity index (χ0) is 14.8. The van der Waals surface area contributed by atoms with Crippen LogP contribution in [0.25, 0.3) is 10.9 Å². The largest absolute Gasteiger partial charge is 0.479 e. The van der Waals surface area contributed by atoms with Crippen LogP contribution in [0.5, 0.6) is 5.88 Å². The van der Waals surface area contributed by atoms with Crippen LogP contribution < -0.4 is 15.8 Å². The molecule has 0 fully saturated rings. The molecular weight excluding hydrogens is 264 g/mol. The Balaban J connectivity index is 2.03. The van der Waals surface area contributed by atoms with Gasteiger partial charge >= 0.3 is 0 Å². The second-order valence-corrected chi connectivity index (χ2v) is 4.75. The molecule has 3 rings (SSSR count). The molecule has 3 N–H and O–H groups in total. The summed E-state index contributed by atoms with van der Waals surface area (Å²) in [5, 5.41) is 4.34. The van der Waals surface area contributed by atoms with Crippen molar-refractivity contribution in [2.24, 2.45) is 0 Å². The van der Waals surface area contributed by atoms with Crippen molar-refractivity contribution in [1.82, 2.24) is 9.97 Å². The molecule has 5 nitrogen and oxygen atoms in total. The molecule has 106 valence electrons. The quantitative estimate of drug-likeness (QED) is 0.770. The van der Waals surface area contributed by atoms with Gasteiger partial charge in [0.25, 0.3) is 0 Å². The fraction of sp³-hybridized carbons (Fsp3) is 0.125. The molecule has 0 spiro atoms. The fourth-order valence-corrected chi connectivity index (χ4v) is 2.17. The summed E-state index contributed by atoms with van der Waals surface area (Å²) in [6.45, 7) is 1.97. The number of nitrogens with two attached hydrogens (primary N) is 1. The maximum Gasteiger partial charge on any atom is 0.238 e. The molecule has 0 aliphatic rings. The Hall–Kier alpha value is -2.82. The molecule has 2 aromatic heterocycles. The van der Waals surface area contributed by atoms with Crippen molar-refractivity contribution in [3.05, 3.63) is 48.2 Å². The van der Waals surface area contributed by atoms with Crippen LogP contribution in [0.3, 0.4) is 0 Å². The van der Waals surface area contributed by atoms with Crippen molar-refractivity contribution in [2.45, 2.75) is 6.92 Å². The van der Waals surface area contributed by atoms with Gasteiger partial charge in [0, 0.05) is 11.1 Å². The van der Waals surface area contributed by atoms with Gasteiger partial charge in [-0.15, -0.1) is 0 Å². The summed E-state index contributed by atoms with van der Waals surface area (Å²) in [6.07, 6.45) is 0. The molecule has 5 heteroatoms. The third-order valence-electron chi connectivity index (χ3n) is 3.21. The minimum Gasteiger partial charge on any atom is -0.479 e. The van der Waals surface area contributed by atoms with Crippen LogP contribution in [-0.2, 0) is 0 Å².